The molecule has 0 radical (unpaired) electrons. The van der Waals surface area contributed by atoms with E-state index < -0.39 is 11.8 Å². The van der Waals surface area contributed by atoms with Gasteiger partial charge in [-0.15, -0.1) is 0 Å². The molecule has 1 atom stereocenters. The minimum Gasteiger partial charge on any atom is -0.496 e. The summed E-state index contributed by atoms with van der Waals surface area (Å²) in [5.74, 6) is 0.950. The van der Waals surface area contributed by atoms with E-state index in [-0.39, 0.29) is 25.0 Å². The van der Waals surface area contributed by atoms with E-state index in [0.29, 0.717) is 51.7 Å². The SMILES string of the molecule is COc1c(C)cccc1-c1nc2c(cc1C#N)c(N1CCN(C(=O)O)CC1C)nc(=O)n2-c1c(C)ccnc1C(C)C. The highest BCUT2D eigenvalue weighted by Crippen LogP contribution is 2.37. The summed E-state index contributed by atoms with van der Waals surface area (Å²) in [5.41, 5.74) is 4.12. The molecule has 0 spiro atoms. The van der Waals surface area contributed by atoms with Crippen molar-refractivity contribution in [2.75, 3.05) is 31.6 Å². The van der Waals surface area contributed by atoms with E-state index in [2.05, 4.69) is 16.0 Å². The van der Waals surface area contributed by atoms with Crippen molar-refractivity contribution in [2.45, 2.75) is 46.6 Å². The Balaban J connectivity index is 1.89. The number of pyridine rings is 2. The Morgan fingerprint density at radius 1 is 1.17 bits per heavy atom. The van der Waals surface area contributed by atoms with Crippen molar-refractivity contribution in [2.24, 2.45) is 0 Å². The van der Waals surface area contributed by atoms with Crippen molar-refractivity contribution in [3.63, 3.8) is 0 Å². The second-order valence-corrected chi connectivity index (χ2v) is 10.9. The number of amides is 1. The van der Waals surface area contributed by atoms with Gasteiger partial charge in [0.15, 0.2) is 5.65 Å². The number of hydrogen-bond acceptors (Lipinski definition) is 8. The average molecular weight is 568 g/mol. The van der Waals surface area contributed by atoms with Crippen molar-refractivity contribution >= 4 is 22.9 Å². The molecule has 5 rings (SSSR count). The molecule has 1 amide bonds. The van der Waals surface area contributed by atoms with Gasteiger partial charge in [-0.25, -0.2) is 19.1 Å². The van der Waals surface area contributed by atoms with Crippen molar-refractivity contribution in [3.05, 3.63) is 69.4 Å². The smallest absolute Gasteiger partial charge is 0.407 e. The second kappa shape index (κ2) is 11.1. The molecule has 0 bridgehead atoms. The molecule has 0 saturated carbocycles. The van der Waals surface area contributed by atoms with E-state index in [1.165, 1.54) is 9.47 Å². The normalized spacial score (nSPS) is 15.2. The fourth-order valence-electron chi connectivity index (χ4n) is 5.68. The fourth-order valence-corrected chi connectivity index (χ4v) is 5.68. The molecule has 1 fully saturated rings. The van der Waals surface area contributed by atoms with Crippen LogP contribution in [0, 0.1) is 25.2 Å². The van der Waals surface area contributed by atoms with E-state index in [9.17, 15) is 20.0 Å². The van der Waals surface area contributed by atoms with Gasteiger partial charge in [0.05, 0.1) is 35.1 Å². The van der Waals surface area contributed by atoms with E-state index in [1.54, 1.807) is 19.4 Å². The van der Waals surface area contributed by atoms with Gasteiger partial charge in [-0.1, -0.05) is 26.0 Å². The Morgan fingerprint density at radius 2 is 1.93 bits per heavy atom. The number of hydrogen-bond donors (Lipinski definition) is 1. The lowest BCUT2D eigenvalue weighted by Crippen LogP contribution is -2.54. The van der Waals surface area contributed by atoms with Crippen molar-refractivity contribution in [1.29, 1.82) is 5.26 Å². The predicted molar refractivity (Wildman–Crippen MR) is 160 cm³/mol. The molecule has 11 heteroatoms. The van der Waals surface area contributed by atoms with Gasteiger partial charge in [0.25, 0.3) is 0 Å². The number of carboxylic acid groups (broad SMARTS) is 1. The van der Waals surface area contributed by atoms with Crippen LogP contribution in [0.3, 0.4) is 0 Å². The topological polar surface area (TPSA) is 137 Å². The molecule has 1 unspecified atom stereocenters. The summed E-state index contributed by atoms with van der Waals surface area (Å²) in [6, 6.07) is 11.2. The molecule has 11 nitrogen and oxygen atoms in total. The number of benzene rings is 1. The van der Waals surface area contributed by atoms with Crippen LogP contribution in [0.25, 0.3) is 28.0 Å². The number of ether oxygens (including phenoxy) is 1. The van der Waals surface area contributed by atoms with Gasteiger partial charge >= 0.3 is 11.8 Å². The highest BCUT2D eigenvalue weighted by Gasteiger charge is 2.31. The van der Waals surface area contributed by atoms with E-state index in [4.69, 9.17) is 9.72 Å². The maximum atomic E-state index is 14.0. The predicted octanol–water partition coefficient (Wildman–Crippen LogP) is 4.65. The highest BCUT2D eigenvalue weighted by molar-refractivity contribution is 5.93. The number of aromatic nitrogens is 4. The molecule has 1 aliphatic rings. The number of anilines is 1. The lowest BCUT2D eigenvalue weighted by molar-refractivity contribution is 0.136. The van der Waals surface area contributed by atoms with Crippen molar-refractivity contribution in [1.82, 2.24) is 24.4 Å². The van der Waals surface area contributed by atoms with Crippen LogP contribution >= 0.6 is 0 Å². The monoisotopic (exact) mass is 567 g/mol. The zero-order valence-electron chi connectivity index (χ0n) is 24.5. The maximum Gasteiger partial charge on any atom is 0.407 e. The largest absolute Gasteiger partial charge is 0.496 e. The lowest BCUT2D eigenvalue weighted by Gasteiger charge is -2.39. The Hall–Kier alpha value is -4.98. The molecule has 0 aliphatic carbocycles. The molecule has 216 valence electrons. The summed E-state index contributed by atoms with van der Waals surface area (Å²) in [7, 11) is 1.57. The quantitative estimate of drug-likeness (QED) is 0.365. The third-order valence-corrected chi connectivity index (χ3v) is 7.73. The number of nitrogens with zero attached hydrogens (tertiary/aromatic N) is 7. The van der Waals surface area contributed by atoms with Crippen molar-refractivity contribution in [3.8, 4) is 28.8 Å². The standard InChI is InChI=1S/C31H33N7O4/c1-17(2)24-26(18(3)10-11-33-24)38-29-23(28(35-30(38)39)37-13-12-36(31(40)41)16-20(37)5)14-21(15-32)25(34-29)22-9-7-8-19(4)27(22)42-6/h7-11,14,17,20H,12-13,16H2,1-6H3,(H,40,41). The van der Waals surface area contributed by atoms with Crippen LogP contribution in [0.1, 0.15) is 49.1 Å². The molecule has 4 aromatic rings. The van der Waals surface area contributed by atoms with Gasteiger partial charge in [-0.2, -0.15) is 10.2 Å². The Labute approximate surface area is 243 Å². The summed E-state index contributed by atoms with van der Waals surface area (Å²) in [5, 5.41) is 20.4. The third kappa shape index (κ3) is 4.79. The summed E-state index contributed by atoms with van der Waals surface area (Å²) >= 11 is 0. The van der Waals surface area contributed by atoms with E-state index >= 15 is 0 Å². The molecule has 1 N–H and O–H groups in total. The van der Waals surface area contributed by atoms with E-state index in [0.717, 1.165) is 16.8 Å². The van der Waals surface area contributed by atoms with Gasteiger partial charge in [-0.3, -0.25) is 4.98 Å². The Bertz CT molecular complexity index is 1810. The fraction of sp³-hybridized carbons (Fsp3) is 0.355. The highest BCUT2D eigenvalue weighted by atomic mass is 16.5. The van der Waals surface area contributed by atoms with Gasteiger partial charge in [-0.05, 0) is 56.0 Å². The van der Waals surface area contributed by atoms with E-state index in [1.807, 2.05) is 63.8 Å². The van der Waals surface area contributed by atoms with Crippen LogP contribution in [0.5, 0.6) is 5.75 Å². The molecule has 42 heavy (non-hydrogen) atoms. The zero-order chi connectivity index (χ0) is 30.3. The number of piperazine rings is 1. The molecule has 1 saturated heterocycles. The Kier molecular flexibility index (Phi) is 7.56. The lowest BCUT2D eigenvalue weighted by atomic mass is 10.0. The van der Waals surface area contributed by atoms with Crippen LogP contribution in [0.15, 0.2) is 41.3 Å². The van der Waals surface area contributed by atoms with Crippen LogP contribution in [0.2, 0.25) is 0 Å². The summed E-state index contributed by atoms with van der Waals surface area (Å²) in [6.45, 7) is 10.6. The van der Waals surface area contributed by atoms with Gasteiger partial charge in [0.2, 0.25) is 0 Å². The molecule has 1 aromatic carbocycles. The minimum absolute atomic E-state index is 0.000337. The first-order chi connectivity index (χ1) is 20.1. The zero-order valence-corrected chi connectivity index (χ0v) is 24.5. The number of para-hydroxylation sites is 1. The average Bonchev–Trinajstić information content (AvgIpc) is 2.96. The number of rotatable bonds is 5. The molecule has 1 aliphatic heterocycles. The van der Waals surface area contributed by atoms with Crippen LogP contribution in [-0.2, 0) is 0 Å². The first-order valence-corrected chi connectivity index (χ1v) is 13.8. The number of aryl methyl sites for hydroxylation is 2. The summed E-state index contributed by atoms with van der Waals surface area (Å²) in [4.78, 5) is 43.1. The first-order valence-electron chi connectivity index (χ1n) is 13.8. The van der Waals surface area contributed by atoms with Crippen molar-refractivity contribution < 1.29 is 14.6 Å². The summed E-state index contributed by atoms with van der Waals surface area (Å²) < 4.78 is 7.20. The van der Waals surface area contributed by atoms with Gasteiger partial charge in [0, 0.05) is 37.4 Å². The second-order valence-electron chi connectivity index (χ2n) is 10.9. The van der Waals surface area contributed by atoms with Crippen LogP contribution in [-0.4, -0.2) is 68.4 Å². The summed E-state index contributed by atoms with van der Waals surface area (Å²) in [6.07, 6.45) is 0.727. The molecule has 3 aromatic heterocycles. The Morgan fingerprint density at radius 3 is 2.57 bits per heavy atom. The van der Waals surface area contributed by atoms with Crippen LogP contribution in [0.4, 0.5) is 10.6 Å². The number of carbonyl (C=O) groups is 1. The minimum atomic E-state index is -0.992. The third-order valence-electron chi connectivity index (χ3n) is 7.73. The molecular formula is C31H33N7O4. The molecular weight excluding hydrogens is 534 g/mol. The number of fused-ring (bicyclic) bond motifs is 1. The number of nitriles is 1. The first kappa shape index (κ1) is 28.5. The maximum absolute atomic E-state index is 14.0. The van der Waals surface area contributed by atoms with Crippen LogP contribution < -0.4 is 15.3 Å². The number of methoxy groups -OCH3 is 1. The molecule has 4 heterocycles. The van der Waals surface area contributed by atoms with Gasteiger partial charge < -0.3 is 19.6 Å². The van der Waals surface area contributed by atoms with Gasteiger partial charge in [0.1, 0.15) is 17.6 Å².